The third kappa shape index (κ3) is 4.50. The fourth-order valence-electron chi connectivity index (χ4n) is 3.25. The number of rotatable bonds is 5. The van der Waals surface area contributed by atoms with Crippen LogP contribution in [0.15, 0.2) is 35.2 Å². The number of hydrogen-bond acceptors (Lipinski definition) is 7. The first kappa shape index (κ1) is 20.3. The fraction of sp³-hybridized carbons (Fsp3) is 0.389. The molecule has 8 nitrogen and oxygen atoms in total. The highest BCUT2D eigenvalue weighted by Crippen LogP contribution is 2.31. The van der Waals surface area contributed by atoms with Gasteiger partial charge >= 0.3 is 0 Å². The molecule has 0 radical (unpaired) electrons. The zero-order chi connectivity index (χ0) is 20.5. The Labute approximate surface area is 167 Å². The number of nitrogens with zero attached hydrogens (tertiary/aromatic N) is 2. The lowest BCUT2D eigenvalue weighted by atomic mass is 10.0. The summed E-state index contributed by atoms with van der Waals surface area (Å²) in [6.07, 6.45) is 2.37. The highest BCUT2D eigenvalue weighted by molar-refractivity contribution is 7.90. The number of benzene rings is 1. The molecule has 1 fully saturated rings. The lowest BCUT2D eigenvalue weighted by Crippen LogP contribution is -2.44. The zero-order valence-corrected chi connectivity index (χ0v) is 17.2. The third-order valence-electron chi connectivity index (χ3n) is 4.69. The number of anilines is 1. The minimum absolute atomic E-state index is 0.00545. The Morgan fingerprint density at radius 2 is 1.93 bits per heavy atom. The summed E-state index contributed by atoms with van der Waals surface area (Å²) in [7, 11) is -3.62. The van der Waals surface area contributed by atoms with E-state index in [1.807, 2.05) is 17.9 Å². The number of aryl methyl sites for hydroxylation is 1. The van der Waals surface area contributed by atoms with Crippen LogP contribution in [0.25, 0.3) is 0 Å². The van der Waals surface area contributed by atoms with Crippen molar-refractivity contribution in [1.29, 1.82) is 0 Å². The van der Waals surface area contributed by atoms with Gasteiger partial charge in [0.05, 0.1) is 20.4 Å². The van der Waals surface area contributed by atoms with E-state index in [2.05, 4.69) is 5.32 Å². The smallest absolute Gasteiger partial charge is 0.270 e. The Kier molecular flexibility index (Phi) is 5.71. The Balaban J connectivity index is 1.71. The number of hydrogen-bond donors (Lipinski definition) is 1. The van der Waals surface area contributed by atoms with Gasteiger partial charge in [-0.25, -0.2) is 8.42 Å². The van der Waals surface area contributed by atoms with Gasteiger partial charge in [-0.2, -0.15) is 0 Å². The summed E-state index contributed by atoms with van der Waals surface area (Å²) in [5.74, 6) is -0.0938. The second-order valence-electron chi connectivity index (χ2n) is 6.83. The normalized spacial score (nSPS) is 15.4. The second-order valence-corrected chi connectivity index (χ2v) is 10.1. The zero-order valence-electron chi connectivity index (χ0n) is 15.5. The summed E-state index contributed by atoms with van der Waals surface area (Å²) in [6, 6.07) is 7.63. The SMILES string of the molecule is Cc1ccc(C(=O)NC2CCN(c3ccc([N+](=O)[O-])cc3S(C)(=O)=O)CC2)s1. The summed E-state index contributed by atoms with van der Waals surface area (Å²) < 4.78 is 24.3. The van der Waals surface area contributed by atoms with Gasteiger partial charge in [-0.05, 0) is 38.0 Å². The average Bonchev–Trinajstić information content (AvgIpc) is 3.08. The number of nitrogens with one attached hydrogen (secondary N) is 1. The molecule has 1 N–H and O–H groups in total. The molecular weight excluding hydrogens is 402 g/mol. The number of thiophene rings is 1. The molecule has 0 aliphatic carbocycles. The molecule has 0 bridgehead atoms. The van der Waals surface area contributed by atoms with Crippen LogP contribution in [0.3, 0.4) is 0 Å². The average molecular weight is 424 g/mol. The van der Waals surface area contributed by atoms with E-state index >= 15 is 0 Å². The van der Waals surface area contributed by atoms with E-state index in [9.17, 15) is 23.3 Å². The van der Waals surface area contributed by atoms with Gasteiger partial charge in [-0.3, -0.25) is 14.9 Å². The minimum Gasteiger partial charge on any atom is -0.370 e. The molecular formula is C18H21N3O5S2. The molecule has 0 spiro atoms. The van der Waals surface area contributed by atoms with Gasteiger partial charge in [0, 0.05) is 42.4 Å². The van der Waals surface area contributed by atoms with Crippen molar-refractivity contribution in [1.82, 2.24) is 5.32 Å². The molecule has 1 amide bonds. The van der Waals surface area contributed by atoms with Crippen molar-refractivity contribution in [2.45, 2.75) is 30.7 Å². The van der Waals surface area contributed by atoms with E-state index < -0.39 is 14.8 Å². The molecule has 0 unspecified atom stereocenters. The largest absolute Gasteiger partial charge is 0.370 e. The third-order valence-corrected chi connectivity index (χ3v) is 6.81. The second kappa shape index (κ2) is 7.88. The summed E-state index contributed by atoms with van der Waals surface area (Å²) >= 11 is 1.45. The number of piperidine rings is 1. The van der Waals surface area contributed by atoms with Gasteiger partial charge < -0.3 is 10.2 Å². The molecule has 1 aliphatic rings. The maximum absolute atomic E-state index is 12.3. The molecule has 1 aromatic carbocycles. The van der Waals surface area contributed by atoms with Crippen LogP contribution in [0.2, 0.25) is 0 Å². The predicted octanol–water partition coefficient (Wildman–Crippen LogP) is 2.77. The van der Waals surface area contributed by atoms with Crippen LogP contribution in [0, 0.1) is 17.0 Å². The summed E-state index contributed by atoms with van der Waals surface area (Å²) in [6.45, 7) is 3.05. The molecule has 150 valence electrons. The molecule has 28 heavy (non-hydrogen) atoms. The molecule has 1 aliphatic heterocycles. The van der Waals surface area contributed by atoms with Gasteiger partial charge in [0.25, 0.3) is 11.6 Å². The Hall–Kier alpha value is -2.46. The number of amides is 1. The van der Waals surface area contributed by atoms with Gasteiger partial charge in [0.15, 0.2) is 9.84 Å². The number of carbonyl (C=O) groups is 1. The number of sulfone groups is 1. The van der Waals surface area contributed by atoms with Crippen molar-refractivity contribution < 1.29 is 18.1 Å². The standard InChI is InChI=1S/C18H21N3O5S2/c1-12-3-6-16(27-12)18(22)19-13-7-9-20(10-8-13)15-5-4-14(21(23)24)11-17(15)28(2,25)26/h3-6,11,13H,7-10H2,1-2H3,(H,19,22). The van der Waals surface area contributed by atoms with Crippen molar-refractivity contribution in [2.75, 3.05) is 24.2 Å². The molecule has 2 aromatic rings. The first-order chi connectivity index (χ1) is 13.1. The summed E-state index contributed by atoms with van der Waals surface area (Å²) in [4.78, 5) is 26.3. The molecule has 0 atom stereocenters. The highest BCUT2D eigenvalue weighted by Gasteiger charge is 2.26. The van der Waals surface area contributed by atoms with Crippen LogP contribution in [-0.4, -0.2) is 44.6 Å². The van der Waals surface area contributed by atoms with E-state index in [1.54, 1.807) is 6.07 Å². The Bertz CT molecular complexity index is 1010. The van der Waals surface area contributed by atoms with Crippen molar-refractivity contribution in [2.24, 2.45) is 0 Å². The van der Waals surface area contributed by atoms with Crippen LogP contribution in [-0.2, 0) is 9.84 Å². The number of nitro groups is 1. The van der Waals surface area contributed by atoms with Crippen molar-refractivity contribution in [3.8, 4) is 0 Å². The Morgan fingerprint density at radius 3 is 2.46 bits per heavy atom. The maximum Gasteiger partial charge on any atom is 0.270 e. The first-order valence-electron chi connectivity index (χ1n) is 8.76. The lowest BCUT2D eigenvalue weighted by Gasteiger charge is -2.34. The molecule has 10 heteroatoms. The van der Waals surface area contributed by atoms with Crippen LogP contribution in [0.4, 0.5) is 11.4 Å². The molecule has 3 rings (SSSR count). The first-order valence-corrected chi connectivity index (χ1v) is 11.5. The van der Waals surface area contributed by atoms with Crippen molar-refractivity contribution >= 4 is 38.5 Å². The monoisotopic (exact) mass is 423 g/mol. The predicted molar refractivity (Wildman–Crippen MR) is 108 cm³/mol. The topological polar surface area (TPSA) is 110 Å². The van der Waals surface area contributed by atoms with Crippen LogP contribution >= 0.6 is 11.3 Å². The highest BCUT2D eigenvalue weighted by atomic mass is 32.2. The van der Waals surface area contributed by atoms with Crippen molar-refractivity contribution in [3.63, 3.8) is 0 Å². The van der Waals surface area contributed by atoms with E-state index in [0.29, 0.717) is 36.5 Å². The molecule has 1 aromatic heterocycles. The number of nitro benzene ring substituents is 1. The lowest BCUT2D eigenvalue weighted by molar-refractivity contribution is -0.385. The quantitative estimate of drug-likeness (QED) is 0.585. The van der Waals surface area contributed by atoms with Gasteiger partial charge in [-0.1, -0.05) is 0 Å². The van der Waals surface area contributed by atoms with Crippen LogP contribution in [0.1, 0.15) is 27.4 Å². The van der Waals surface area contributed by atoms with Gasteiger partial charge in [0.2, 0.25) is 0 Å². The van der Waals surface area contributed by atoms with Gasteiger partial charge in [-0.15, -0.1) is 11.3 Å². The van der Waals surface area contributed by atoms with Crippen LogP contribution < -0.4 is 10.2 Å². The summed E-state index contributed by atoms with van der Waals surface area (Å²) in [5.41, 5.74) is 0.212. The maximum atomic E-state index is 12.3. The fourth-order valence-corrected chi connectivity index (χ4v) is 4.93. The minimum atomic E-state index is -3.62. The molecule has 0 saturated carbocycles. The van der Waals surface area contributed by atoms with Crippen LogP contribution in [0.5, 0.6) is 0 Å². The number of carbonyl (C=O) groups excluding carboxylic acids is 1. The molecule has 1 saturated heterocycles. The van der Waals surface area contributed by atoms with E-state index in [1.165, 1.54) is 23.5 Å². The number of non-ortho nitro benzene ring substituents is 1. The van der Waals surface area contributed by atoms with E-state index in [-0.39, 0.29) is 22.5 Å². The molecule has 2 heterocycles. The van der Waals surface area contributed by atoms with E-state index in [0.717, 1.165) is 17.2 Å². The summed E-state index contributed by atoms with van der Waals surface area (Å²) in [5, 5.41) is 14.0. The van der Waals surface area contributed by atoms with Crippen molar-refractivity contribution in [3.05, 3.63) is 50.2 Å². The van der Waals surface area contributed by atoms with Gasteiger partial charge in [0.1, 0.15) is 0 Å². The Morgan fingerprint density at radius 1 is 1.25 bits per heavy atom. The van der Waals surface area contributed by atoms with E-state index in [4.69, 9.17) is 0 Å².